The zero-order valence-electron chi connectivity index (χ0n) is 14.2. The van der Waals surface area contributed by atoms with Crippen molar-refractivity contribution in [3.63, 3.8) is 0 Å². The number of nitrogens with two attached hydrogens (primary N) is 1. The molecular weight excluding hydrogens is 348 g/mol. The van der Waals surface area contributed by atoms with Crippen LogP contribution in [0.15, 0.2) is 0 Å². The van der Waals surface area contributed by atoms with E-state index in [0.29, 0.717) is 12.2 Å². The van der Waals surface area contributed by atoms with Crippen molar-refractivity contribution >= 4 is 35.5 Å². The molecule has 1 aliphatic heterocycles. The summed E-state index contributed by atoms with van der Waals surface area (Å²) < 4.78 is 0. The largest absolute Gasteiger partial charge is 0.480 e. The smallest absolute Gasteiger partial charge is 0.326 e. The van der Waals surface area contributed by atoms with Crippen LogP contribution in [0.3, 0.4) is 0 Å². The maximum atomic E-state index is 12.4. The average molecular weight is 374 g/mol. The van der Waals surface area contributed by atoms with Crippen molar-refractivity contribution in [2.24, 2.45) is 5.73 Å². The lowest BCUT2D eigenvalue weighted by Gasteiger charge is -2.22. The highest BCUT2D eigenvalue weighted by Gasteiger charge is 2.29. The number of carbonyl (C=O) groups is 4. The Bertz CT molecular complexity index is 496. The van der Waals surface area contributed by atoms with Gasteiger partial charge in [0.25, 0.3) is 0 Å². The van der Waals surface area contributed by atoms with Crippen LogP contribution >= 0.6 is 11.8 Å². The van der Waals surface area contributed by atoms with Gasteiger partial charge in [0.05, 0.1) is 6.04 Å². The molecular formula is C15H26N4O5S. The van der Waals surface area contributed by atoms with Gasteiger partial charge in [0.15, 0.2) is 0 Å². The first-order valence-corrected chi connectivity index (χ1v) is 9.58. The lowest BCUT2D eigenvalue weighted by Crippen LogP contribution is -2.54. The highest BCUT2D eigenvalue weighted by atomic mass is 32.2. The number of carboxylic acid groups (broad SMARTS) is 1. The first-order chi connectivity index (χ1) is 11.8. The number of aliphatic carboxylic acids is 1. The quantitative estimate of drug-likeness (QED) is 0.305. The summed E-state index contributed by atoms with van der Waals surface area (Å²) in [6.45, 7) is 0.728. The summed E-state index contributed by atoms with van der Waals surface area (Å²) in [5.74, 6) is -2.12. The molecule has 0 aromatic carbocycles. The van der Waals surface area contributed by atoms with E-state index in [1.54, 1.807) is 0 Å². The Balaban J connectivity index is 2.70. The van der Waals surface area contributed by atoms with E-state index < -0.39 is 29.9 Å². The Kier molecular flexibility index (Phi) is 9.28. The molecule has 1 saturated heterocycles. The molecule has 1 heterocycles. The average Bonchev–Trinajstić information content (AvgIpc) is 3.08. The van der Waals surface area contributed by atoms with Gasteiger partial charge >= 0.3 is 5.97 Å². The molecule has 0 aromatic heterocycles. The van der Waals surface area contributed by atoms with Gasteiger partial charge in [-0.15, -0.1) is 0 Å². The Labute approximate surface area is 150 Å². The molecule has 25 heavy (non-hydrogen) atoms. The number of hydrogen-bond acceptors (Lipinski definition) is 6. The van der Waals surface area contributed by atoms with Crippen LogP contribution in [0.4, 0.5) is 0 Å². The lowest BCUT2D eigenvalue weighted by atomic mass is 10.1. The van der Waals surface area contributed by atoms with Crippen LogP contribution < -0.4 is 21.7 Å². The van der Waals surface area contributed by atoms with Crippen molar-refractivity contribution in [2.45, 2.75) is 50.2 Å². The van der Waals surface area contributed by atoms with E-state index >= 15 is 0 Å². The molecule has 142 valence electrons. The first-order valence-electron chi connectivity index (χ1n) is 8.19. The van der Waals surface area contributed by atoms with E-state index in [0.717, 1.165) is 13.0 Å². The van der Waals surface area contributed by atoms with Gasteiger partial charge in [0, 0.05) is 6.42 Å². The minimum atomic E-state index is -1.14. The second kappa shape index (κ2) is 10.9. The molecule has 1 rings (SSSR count). The fourth-order valence-corrected chi connectivity index (χ4v) is 2.97. The minimum absolute atomic E-state index is 0.0223. The predicted molar refractivity (Wildman–Crippen MR) is 93.9 cm³/mol. The summed E-state index contributed by atoms with van der Waals surface area (Å²) in [6, 6.07) is -2.42. The molecule has 0 bridgehead atoms. The van der Waals surface area contributed by atoms with Crippen molar-refractivity contribution in [1.82, 2.24) is 16.0 Å². The summed E-state index contributed by atoms with van der Waals surface area (Å²) in [6.07, 6.45) is 3.58. The summed E-state index contributed by atoms with van der Waals surface area (Å²) in [5, 5.41) is 17.3. The monoisotopic (exact) mass is 374 g/mol. The highest BCUT2D eigenvalue weighted by Crippen LogP contribution is 2.07. The molecule has 1 fully saturated rings. The van der Waals surface area contributed by atoms with Gasteiger partial charge in [-0.1, -0.05) is 0 Å². The number of carbonyl (C=O) groups excluding carboxylic acids is 3. The maximum Gasteiger partial charge on any atom is 0.326 e. The SMILES string of the molecule is CSCC[C@H](NC(=O)[C@H](CCC(N)=O)NC(=O)[C@@H]1CCCN1)C(=O)O. The summed E-state index contributed by atoms with van der Waals surface area (Å²) in [4.78, 5) is 46.9. The van der Waals surface area contributed by atoms with Crippen LogP contribution in [-0.4, -0.2) is 65.5 Å². The second-order valence-electron chi connectivity index (χ2n) is 5.90. The standard InChI is InChI=1S/C15H26N4O5S/c1-25-8-6-11(15(23)24)19-14(22)10(4-5-12(16)20)18-13(21)9-3-2-7-17-9/h9-11,17H,2-8H2,1H3,(H2,16,20)(H,18,21)(H,19,22)(H,23,24)/t9-,10-,11-/m0/s1. The molecule has 0 unspecified atom stereocenters. The molecule has 0 aromatic rings. The second-order valence-corrected chi connectivity index (χ2v) is 6.88. The predicted octanol–water partition coefficient (Wildman–Crippen LogP) is -1.19. The van der Waals surface area contributed by atoms with Crippen LogP contribution in [0.1, 0.15) is 32.1 Å². The number of thioether (sulfide) groups is 1. The normalized spacial score (nSPS) is 19.0. The van der Waals surface area contributed by atoms with Crippen LogP contribution in [0, 0.1) is 0 Å². The van der Waals surface area contributed by atoms with Gasteiger partial charge < -0.3 is 26.8 Å². The molecule has 0 radical (unpaired) electrons. The molecule has 6 N–H and O–H groups in total. The summed E-state index contributed by atoms with van der Waals surface area (Å²) >= 11 is 1.47. The summed E-state index contributed by atoms with van der Waals surface area (Å²) in [5.41, 5.74) is 5.12. The Morgan fingerprint density at radius 2 is 1.96 bits per heavy atom. The van der Waals surface area contributed by atoms with E-state index in [4.69, 9.17) is 5.73 Å². The van der Waals surface area contributed by atoms with Gasteiger partial charge in [-0.25, -0.2) is 4.79 Å². The van der Waals surface area contributed by atoms with Gasteiger partial charge in [-0.2, -0.15) is 11.8 Å². The molecule has 1 aliphatic rings. The van der Waals surface area contributed by atoms with Crippen molar-refractivity contribution in [3.05, 3.63) is 0 Å². The first kappa shape index (κ1) is 21.2. The highest BCUT2D eigenvalue weighted by molar-refractivity contribution is 7.98. The number of carboxylic acids is 1. The third-order valence-electron chi connectivity index (χ3n) is 3.91. The minimum Gasteiger partial charge on any atom is -0.480 e. The van der Waals surface area contributed by atoms with Crippen LogP contribution in [0.5, 0.6) is 0 Å². The number of rotatable bonds is 11. The van der Waals surface area contributed by atoms with E-state index in [1.807, 2.05) is 6.26 Å². The lowest BCUT2D eigenvalue weighted by molar-refractivity contribution is -0.142. The van der Waals surface area contributed by atoms with E-state index in [-0.39, 0.29) is 31.2 Å². The van der Waals surface area contributed by atoms with Gasteiger partial charge in [0.2, 0.25) is 17.7 Å². The fourth-order valence-electron chi connectivity index (χ4n) is 2.50. The number of nitrogens with one attached hydrogen (secondary N) is 3. The molecule has 0 saturated carbocycles. The Hall–Kier alpha value is -1.81. The number of primary amides is 1. The van der Waals surface area contributed by atoms with Crippen molar-refractivity contribution in [3.8, 4) is 0 Å². The fraction of sp³-hybridized carbons (Fsp3) is 0.733. The summed E-state index contributed by atoms with van der Waals surface area (Å²) in [7, 11) is 0. The molecule has 0 spiro atoms. The van der Waals surface area contributed by atoms with Crippen LogP contribution in [0.25, 0.3) is 0 Å². The number of hydrogen-bond donors (Lipinski definition) is 5. The Morgan fingerprint density at radius 1 is 1.24 bits per heavy atom. The molecule has 3 atom stereocenters. The topological polar surface area (TPSA) is 151 Å². The maximum absolute atomic E-state index is 12.4. The van der Waals surface area contributed by atoms with Crippen LogP contribution in [0.2, 0.25) is 0 Å². The molecule has 9 nitrogen and oxygen atoms in total. The molecule has 0 aliphatic carbocycles. The zero-order valence-corrected chi connectivity index (χ0v) is 15.1. The van der Waals surface area contributed by atoms with Gasteiger partial charge in [-0.3, -0.25) is 14.4 Å². The third kappa shape index (κ3) is 7.74. The van der Waals surface area contributed by atoms with E-state index in [1.165, 1.54) is 11.8 Å². The van der Waals surface area contributed by atoms with Crippen LogP contribution in [-0.2, 0) is 19.2 Å². The van der Waals surface area contributed by atoms with Crippen molar-refractivity contribution < 1.29 is 24.3 Å². The zero-order chi connectivity index (χ0) is 18.8. The van der Waals surface area contributed by atoms with Crippen molar-refractivity contribution in [2.75, 3.05) is 18.6 Å². The van der Waals surface area contributed by atoms with E-state index in [2.05, 4.69) is 16.0 Å². The number of amides is 3. The van der Waals surface area contributed by atoms with Crippen molar-refractivity contribution in [1.29, 1.82) is 0 Å². The van der Waals surface area contributed by atoms with Gasteiger partial charge in [0.1, 0.15) is 12.1 Å². The molecule has 3 amide bonds. The Morgan fingerprint density at radius 3 is 2.48 bits per heavy atom. The van der Waals surface area contributed by atoms with Gasteiger partial charge in [-0.05, 0) is 44.2 Å². The van der Waals surface area contributed by atoms with E-state index in [9.17, 15) is 24.3 Å². The molecule has 10 heteroatoms. The third-order valence-corrected chi connectivity index (χ3v) is 4.56.